The van der Waals surface area contributed by atoms with Crippen molar-refractivity contribution in [2.24, 2.45) is 0 Å². The zero-order valence-corrected chi connectivity index (χ0v) is 17.8. The van der Waals surface area contributed by atoms with Crippen LogP contribution in [0.25, 0.3) is 5.69 Å². The van der Waals surface area contributed by atoms with Crippen LogP contribution in [0.3, 0.4) is 0 Å². The molecular weight excluding hydrogens is 460 g/mol. The fourth-order valence-corrected chi connectivity index (χ4v) is 2.97. The Morgan fingerprint density at radius 2 is 1.73 bits per heavy atom. The number of carbonyl (C=O) groups excluding carboxylic acids is 1. The van der Waals surface area contributed by atoms with E-state index in [1.807, 2.05) is 30.3 Å². The Hall–Kier alpha value is -1.99. The first-order valence-electron chi connectivity index (χ1n) is 8.02. The van der Waals surface area contributed by atoms with E-state index in [4.69, 9.17) is 5.10 Å². The van der Waals surface area contributed by atoms with Gasteiger partial charge < -0.3 is 5.32 Å². The number of hydrogen-bond acceptors (Lipinski definition) is 3. The third-order valence-electron chi connectivity index (χ3n) is 3.76. The Morgan fingerprint density at radius 3 is 2.35 bits per heavy atom. The quantitative estimate of drug-likeness (QED) is 0.553. The molecule has 0 saturated heterocycles. The largest absolute Gasteiger partial charge is 0.306 e. The number of rotatable bonds is 3. The van der Waals surface area contributed by atoms with Gasteiger partial charge in [0.2, 0.25) is 0 Å². The Balaban J connectivity index is 2.00. The Labute approximate surface area is 169 Å². The van der Waals surface area contributed by atoms with Crippen LogP contribution in [-0.2, 0) is 5.41 Å². The maximum absolute atomic E-state index is 12.6. The molecule has 2 aromatic heterocycles. The number of carbonyl (C=O) groups is 1. The number of anilines is 1. The normalized spacial score (nSPS) is 11.4. The van der Waals surface area contributed by atoms with Crippen LogP contribution in [0, 0.1) is 0 Å². The molecule has 0 aliphatic rings. The van der Waals surface area contributed by atoms with Crippen LogP contribution < -0.4 is 5.32 Å². The molecule has 0 aliphatic heterocycles. The smallest absolute Gasteiger partial charge is 0.258 e. The van der Waals surface area contributed by atoms with Crippen molar-refractivity contribution >= 4 is 43.6 Å². The average molecular weight is 478 g/mol. The monoisotopic (exact) mass is 476 g/mol. The van der Waals surface area contributed by atoms with Gasteiger partial charge in [-0.2, -0.15) is 5.10 Å². The molecule has 3 rings (SSSR count). The van der Waals surface area contributed by atoms with Crippen LogP contribution in [0.2, 0.25) is 0 Å². The van der Waals surface area contributed by atoms with E-state index >= 15 is 0 Å². The first-order chi connectivity index (χ1) is 12.2. The van der Waals surface area contributed by atoms with E-state index < -0.39 is 0 Å². The van der Waals surface area contributed by atoms with Gasteiger partial charge in [0.1, 0.15) is 5.82 Å². The minimum atomic E-state index is -0.238. The lowest BCUT2D eigenvalue weighted by Gasteiger charge is -2.14. The Kier molecular flexibility index (Phi) is 5.29. The molecule has 0 bridgehead atoms. The highest BCUT2D eigenvalue weighted by Gasteiger charge is 2.22. The molecule has 0 fully saturated rings. The zero-order valence-electron chi connectivity index (χ0n) is 14.6. The van der Waals surface area contributed by atoms with E-state index in [9.17, 15) is 4.79 Å². The lowest BCUT2D eigenvalue weighted by atomic mass is 9.92. The molecule has 0 aliphatic carbocycles. The minimum Gasteiger partial charge on any atom is -0.306 e. The van der Waals surface area contributed by atoms with Crippen molar-refractivity contribution in [2.45, 2.75) is 26.2 Å². The number of aromatic nitrogens is 3. The molecule has 3 aromatic rings. The highest BCUT2D eigenvalue weighted by molar-refractivity contribution is 9.10. The molecule has 0 atom stereocenters. The van der Waals surface area contributed by atoms with Crippen LogP contribution in [0.4, 0.5) is 5.82 Å². The summed E-state index contributed by atoms with van der Waals surface area (Å²) in [5, 5.41) is 7.66. The fraction of sp³-hybridized carbons (Fsp3) is 0.211. The van der Waals surface area contributed by atoms with Gasteiger partial charge in [-0.1, -0.05) is 36.7 Å². The molecule has 7 heteroatoms. The summed E-state index contributed by atoms with van der Waals surface area (Å²) in [5.41, 5.74) is 2.09. The van der Waals surface area contributed by atoms with Gasteiger partial charge in [-0.3, -0.25) is 9.78 Å². The van der Waals surface area contributed by atoms with Crippen molar-refractivity contribution in [1.29, 1.82) is 0 Å². The summed E-state index contributed by atoms with van der Waals surface area (Å²) in [6.45, 7) is 6.27. The molecule has 5 nitrogen and oxygen atoms in total. The number of pyridine rings is 1. The van der Waals surface area contributed by atoms with Gasteiger partial charge >= 0.3 is 0 Å². The third-order valence-corrected chi connectivity index (χ3v) is 4.72. The van der Waals surface area contributed by atoms with Gasteiger partial charge in [0.05, 0.1) is 16.9 Å². The van der Waals surface area contributed by atoms with Gasteiger partial charge in [0, 0.05) is 32.8 Å². The van der Waals surface area contributed by atoms with E-state index in [0.29, 0.717) is 11.4 Å². The fourth-order valence-electron chi connectivity index (χ4n) is 2.34. The van der Waals surface area contributed by atoms with Gasteiger partial charge in [-0.05, 0) is 46.3 Å². The van der Waals surface area contributed by atoms with E-state index in [1.165, 1.54) is 6.20 Å². The van der Waals surface area contributed by atoms with Gasteiger partial charge in [0.25, 0.3) is 5.91 Å². The van der Waals surface area contributed by atoms with Crippen molar-refractivity contribution in [3.05, 3.63) is 69.0 Å². The molecule has 134 valence electrons. The molecule has 1 amide bonds. The molecule has 0 radical (unpaired) electrons. The number of benzene rings is 1. The first-order valence-corrected chi connectivity index (χ1v) is 9.61. The number of nitrogens with one attached hydrogen (secondary N) is 1. The summed E-state index contributed by atoms with van der Waals surface area (Å²) in [6, 6.07) is 11.4. The van der Waals surface area contributed by atoms with Crippen LogP contribution in [-0.4, -0.2) is 20.7 Å². The Bertz CT molecular complexity index is 943. The molecule has 2 heterocycles. The SMILES string of the molecule is CC(C)(C)c1cc(NC(=O)c2cncc(Br)c2)n(-c2ccc(Br)cc2)n1. The minimum absolute atomic E-state index is 0.141. The summed E-state index contributed by atoms with van der Waals surface area (Å²) in [5.74, 6) is 0.375. The summed E-state index contributed by atoms with van der Waals surface area (Å²) in [6.07, 6.45) is 3.17. The zero-order chi connectivity index (χ0) is 18.9. The summed E-state index contributed by atoms with van der Waals surface area (Å²) >= 11 is 6.78. The number of hydrogen-bond donors (Lipinski definition) is 1. The highest BCUT2D eigenvalue weighted by atomic mass is 79.9. The third kappa shape index (κ3) is 4.22. The van der Waals surface area contributed by atoms with Crippen LogP contribution in [0.1, 0.15) is 36.8 Å². The van der Waals surface area contributed by atoms with E-state index in [1.54, 1.807) is 16.9 Å². The maximum Gasteiger partial charge on any atom is 0.258 e. The molecule has 0 saturated carbocycles. The van der Waals surface area contributed by atoms with Crippen LogP contribution >= 0.6 is 31.9 Å². The summed E-state index contributed by atoms with van der Waals surface area (Å²) in [7, 11) is 0. The topological polar surface area (TPSA) is 59.8 Å². The van der Waals surface area contributed by atoms with Crippen molar-refractivity contribution in [3.63, 3.8) is 0 Å². The van der Waals surface area contributed by atoms with E-state index in [-0.39, 0.29) is 11.3 Å². The first kappa shape index (κ1) is 18.8. The number of nitrogens with zero attached hydrogens (tertiary/aromatic N) is 3. The summed E-state index contributed by atoms with van der Waals surface area (Å²) < 4.78 is 3.48. The molecule has 1 aromatic carbocycles. The van der Waals surface area contributed by atoms with Crippen molar-refractivity contribution < 1.29 is 4.79 Å². The second kappa shape index (κ2) is 7.32. The van der Waals surface area contributed by atoms with Crippen molar-refractivity contribution in [3.8, 4) is 5.69 Å². The van der Waals surface area contributed by atoms with Gasteiger partial charge in [0.15, 0.2) is 0 Å². The highest BCUT2D eigenvalue weighted by Crippen LogP contribution is 2.27. The number of amides is 1. The van der Waals surface area contributed by atoms with Crippen molar-refractivity contribution in [2.75, 3.05) is 5.32 Å². The van der Waals surface area contributed by atoms with Crippen LogP contribution in [0.5, 0.6) is 0 Å². The second-order valence-corrected chi connectivity index (χ2v) is 8.73. The molecule has 0 unspecified atom stereocenters. The summed E-state index contributed by atoms with van der Waals surface area (Å²) in [4.78, 5) is 16.7. The molecule has 26 heavy (non-hydrogen) atoms. The van der Waals surface area contributed by atoms with E-state index in [2.05, 4.69) is 62.9 Å². The van der Waals surface area contributed by atoms with Crippen LogP contribution in [0.15, 0.2) is 57.7 Å². The molecular formula is C19H18Br2N4O. The predicted octanol–water partition coefficient (Wildman–Crippen LogP) is 5.34. The average Bonchev–Trinajstić information content (AvgIpc) is 2.99. The predicted molar refractivity (Wildman–Crippen MR) is 110 cm³/mol. The second-order valence-electron chi connectivity index (χ2n) is 6.90. The lowest BCUT2D eigenvalue weighted by molar-refractivity contribution is 0.102. The lowest BCUT2D eigenvalue weighted by Crippen LogP contribution is -2.15. The molecule has 1 N–H and O–H groups in total. The molecule has 0 spiro atoms. The Morgan fingerprint density at radius 1 is 1.04 bits per heavy atom. The van der Waals surface area contributed by atoms with Crippen molar-refractivity contribution in [1.82, 2.24) is 14.8 Å². The standard InChI is InChI=1S/C19H18Br2N4O/c1-19(2,3)16-9-17(23-18(26)12-8-14(21)11-22-10-12)25(24-16)15-6-4-13(20)5-7-15/h4-11H,1-3H3,(H,23,26). The maximum atomic E-state index is 12.6. The van der Waals surface area contributed by atoms with E-state index in [0.717, 1.165) is 20.3 Å². The number of halogens is 2. The van der Waals surface area contributed by atoms with Gasteiger partial charge in [-0.15, -0.1) is 0 Å². The van der Waals surface area contributed by atoms with Gasteiger partial charge in [-0.25, -0.2) is 4.68 Å².